The Bertz CT molecular complexity index is 508. The van der Waals surface area contributed by atoms with Gasteiger partial charge in [0.25, 0.3) is 0 Å². The highest BCUT2D eigenvalue weighted by atomic mass is 127. The summed E-state index contributed by atoms with van der Waals surface area (Å²) in [5.41, 5.74) is 3.34. The Balaban J connectivity index is 2.49. The Morgan fingerprint density at radius 1 is 1.28 bits per heavy atom. The van der Waals surface area contributed by atoms with Gasteiger partial charge in [-0.05, 0) is 29.0 Å². The molecule has 0 radical (unpaired) electrons. The zero-order chi connectivity index (χ0) is 13.0. The third-order valence-electron chi connectivity index (χ3n) is 2.90. The minimum atomic E-state index is 0.458. The van der Waals surface area contributed by atoms with Crippen LogP contribution in [-0.4, -0.2) is 9.55 Å². The molecule has 2 aromatic rings. The first kappa shape index (κ1) is 13.9. The molecule has 2 rings (SSSR count). The first-order valence-electron chi connectivity index (χ1n) is 6.14. The van der Waals surface area contributed by atoms with Crippen LogP contribution in [0.4, 0.5) is 0 Å². The van der Waals surface area contributed by atoms with Crippen molar-refractivity contribution in [2.45, 2.75) is 32.2 Å². The fourth-order valence-electron chi connectivity index (χ4n) is 2.00. The molecule has 0 saturated carbocycles. The summed E-state index contributed by atoms with van der Waals surface area (Å²) in [5.74, 6) is 0.458. The largest absolute Gasteiger partial charge is 0.319 e. The lowest BCUT2D eigenvalue weighted by Crippen LogP contribution is -2.03. The average molecular weight is 375 g/mol. The van der Waals surface area contributed by atoms with E-state index in [0.717, 1.165) is 22.5 Å². The minimum absolute atomic E-state index is 0.458. The predicted molar refractivity (Wildman–Crippen MR) is 84.8 cm³/mol. The number of hydrogen-bond donors (Lipinski definition) is 0. The normalized spacial score (nSPS) is 10.8. The van der Waals surface area contributed by atoms with Crippen molar-refractivity contribution in [3.05, 3.63) is 39.9 Å². The molecule has 0 unspecified atom stereocenters. The van der Waals surface area contributed by atoms with Crippen LogP contribution >= 0.6 is 34.2 Å². The summed E-state index contributed by atoms with van der Waals surface area (Å²) in [6.45, 7) is 3.21. The lowest BCUT2D eigenvalue weighted by Gasteiger charge is -2.10. The van der Waals surface area contributed by atoms with Crippen molar-refractivity contribution < 1.29 is 0 Å². The quantitative estimate of drug-likeness (QED) is 0.548. The molecule has 0 amide bonds. The molecule has 0 aliphatic carbocycles. The molecule has 4 heteroatoms. The van der Waals surface area contributed by atoms with E-state index in [1.807, 2.05) is 6.07 Å². The Kier molecular flexibility index (Phi) is 5.06. The van der Waals surface area contributed by atoms with Gasteiger partial charge in [0, 0.05) is 12.1 Å². The Hall–Kier alpha value is -0.550. The van der Waals surface area contributed by atoms with Gasteiger partial charge in [-0.25, -0.2) is 4.98 Å². The SMILES string of the molecule is CCCCn1c(I)nc(CCl)c1-c1ccccc1. The van der Waals surface area contributed by atoms with E-state index in [-0.39, 0.29) is 0 Å². The third kappa shape index (κ3) is 2.88. The Morgan fingerprint density at radius 3 is 2.61 bits per heavy atom. The molecule has 2 nitrogen and oxygen atoms in total. The molecule has 0 fully saturated rings. The fraction of sp³-hybridized carbons (Fsp3) is 0.357. The van der Waals surface area contributed by atoms with E-state index in [9.17, 15) is 0 Å². The van der Waals surface area contributed by atoms with E-state index in [0.29, 0.717) is 5.88 Å². The van der Waals surface area contributed by atoms with Crippen LogP contribution < -0.4 is 0 Å². The van der Waals surface area contributed by atoms with E-state index in [2.05, 4.69) is 63.3 Å². The molecule has 1 heterocycles. The van der Waals surface area contributed by atoms with E-state index in [1.54, 1.807) is 0 Å². The van der Waals surface area contributed by atoms with Crippen molar-refractivity contribution in [2.75, 3.05) is 0 Å². The lowest BCUT2D eigenvalue weighted by atomic mass is 10.1. The van der Waals surface area contributed by atoms with Gasteiger partial charge in [0.2, 0.25) is 0 Å². The van der Waals surface area contributed by atoms with Crippen molar-refractivity contribution in [3.63, 3.8) is 0 Å². The van der Waals surface area contributed by atoms with E-state index in [1.165, 1.54) is 17.7 Å². The number of halogens is 2. The van der Waals surface area contributed by atoms with Crippen molar-refractivity contribution in [3.8, 4) is 11.3 Å². The van der Waals surface area contributed by atoms with E-state index < -0.39 is 0 Å². The van der Waals surface area contributed by atoms with Crippen LogP contribution in [0.15, 0.2) is 30.3 Å². The second kappa shape index (κ2) is 6.57. The van der Waals surface area contributed by atoms with Gasteiger partial charge in [0.1, 0.15) is 0 Å². The highest BCUT2D eigenvalue weighted by Gasteiger charge is 2.15. The zero-order valence-corrected chi connectivity index (χ0v) is 13.3. The van der Waals surface area contributed by atoms with Gasteiger partial charge >= 0.3 is 0 Å². The first-order chi connectivity index (χ1) is 8.77. The van der Waals surface area contributed by atoms with Crippen molar-refractivity contribution in [1.82, 2.24) is 9.55 Å². The lowest BCUT2D eigenvalue weighted by molar-refractivity contribution is 0.624. The minimum Gasteiger partial charge on any atom is -0.319 e. The summed E-state index contributed by atoms with van der Waals surface area (Å²) in [6, 6.07) is 10.4. The summed E-state index contributed by atoms with van der Waals surface area (Å²) < 4.78 is 3.30. The number of imidazole rings is 1. The van der Waals surface area contributed by atoms with Gasteiger partial charge in [0.15, 0.2) is 3.83 Å². The van der Waals surface area contributed by atoms with Crippen LogP contribution in [0.3, 0.4) is 0 Å². The summed E-state index contributed by atoms with van der Waals surface area (Å²) in [5, 5.41) is 0. The number of unbranched alkanes of at least 4 members (excludes halogenated alkanes) is 1. The predicted octanol–water partition coefficient (Wildman–Crippen LogP) is 4.69. The molecule has 0 aliphatic heterocycles. The maximum absolute atomic E-state index is 6.02. The van der Waals surface area contributed by atoms with E-state index in [4.69, 9.17) is 11.6 Å². The van der Waals surface area contributed by atoms with Crippen molar-refractivity contribution >= 4 is 34.2 Å². The molecule has 0 atom stereocenters. The van der Waals surface area contributed by atoms with Crippen molar-refractivity contribution in [2.24, 2.45) is 0 Å². The highest BCUT2D eigenvalue weighted by molar-refractivity contribution is 14.1. The molecule has 96 valence electrons. The number of benzene rings is 1. The molecule has 0 bridgehead atoms. The molecular formula is C14H16ClIN2. The van der Waals surface area contributed by atoms with Crippen LogP contribution in [0.2, 0.25) is 0 Å². The molecule has 18 heavy (non-hydrogen) atoms. The topological polar surface area (TPSA) is 17.8 Å². The second-order valence-electron chi connectivity index (χ2n) is 4.18. The highest BCUT2D eigenvalue weighted by Crippen LogP contribution is 2.27. The van der Waals surface area contributed by atoms with Crippen LogP contribution in [0, 0.1) is 3.83 Å². The van der Waals surface area contributed by atoms with Crippen LogP contribution in [0.25, 0.3) is 11.3 Å². The summed E-state index contributed by atoms with van der Waals surface area (Å²) >= 11 is 8.31. The second-order valence-corrected chi connectivity index (χ2v) is 5.41. The Labute approximate surface area is 127 Å². The van der Waals surface area contributed by atoms with Crippen LogP contribution in [0.5, 0.6) is 0 Å². The van der Waals surface area contributed by atoms with Gasteiger partial charge < -0.3 is 4.57 Å². The smallest absolute Gasteiger partial charge is 0.172 e. The summed E-state index contributed by atoms with van der Waals surface area (Å²) in [7, 11) is 0. The first-order valence-corrected chi connectivity index (χ1v) is 7.75. The molecule has 0 N–H and O–H groups in total. The number of rotatable bonds is 5. The zero-order valence-electron chi connectivity index (χ0n) is 10.4. The average Bonchev–Trinajstić information content (AvgIpc) is 2.73. The summed E-state index contributed by atoms with van der Waals surface area (Å²) in [4.78, 5) is 4.58. The van der Waals surface area contributed by atoms with Crippen LogP contribution in [0.1, 0.15) is 25.5 Å². The number of aromatic nitrogens is 2. The third-order valence-corrected chi connectivity index (χ3v) is 3.98. The monoisotopic (exact) mass is 374 g/mol. The molecule has 1 aromatic heterocycles. The Morgan fingerprint density at radius 2 is 2.00 bits per heavy atom. The van der Waals surface area contributed by atoms with Gasteiger partial charge in [-0.3, -0.25) is 0 Å². The molecular weight excluding hydrogens is 359 g/mol. The van der Waals surface area contributed by atoms with Gasteiger partial charge in [-0.1, -0.05) is 43.7 Å². The molecule has 1 aromatic carbocycles. The number of hydrogen-bond acceptors (Lipinski definition) is 1. The standard InChI is InChI=1S/C14H16ClIN2/c1-2-3-9-18-13(11-7-5-4-6-8-11)12(10-15)17-14(18)16/h4-8H,2-3,9-10H2,1H3. The number of nitrogens with zero attached hydrogens (tertiary/aromatic N) is 2. The number of alkyl halides is 1. The van der Waals surface area contributed by atoms with Gasteiger partial charge in [-0.2, -0.15) is 0 Å². The molecule has 0 spiro atoms. The maximum Gasteiger partial charge on any atom is 0.172 e. The fourth-order valence-corrected chi connectivity index (χ4v) is 2.96. The van der Waals surface area contributed by atoms with E-state index >= 15 is 0 Å². The van der Waals surface area contributed by atoms with Gasteiger partial charge in [-0.15, -0.1) is 11.6 Å². The van der Waals surface area contributed by atoms with Gasteiger partial charge in [0.05, 0.1) is 17.3 Å². The molecule has 0 aliphatic rings. The van der Waals surface area contributed by atoms with Crippen molar-refractivity contribution in [1.29, 1.82) is 0 Å². The maximum atomic E-state index is 6.02. The van der Waals surface area contributed by atoms with Crippen LogP contribution in [-0.2, 0) is 12.4 Å². The molecule has 0 saturated heterocycles. The summed E-state index contributed by atoms with van der Waals surface area (Å²) in [6.07, 6.45) is 2.34.